The van der Waals surface area contributed by atoms with Crippen LogP contribution in [0.3, 0.4) is 0 Å². The monoisotopic (exact) mass is 215 g/mol. The minimum absolute atomic E-state index is 0.192. The molecule has 1 aromatic carbocycles. The molecule has 1 atom stereocenters. The predicted molar refractivity (Wildman–Crippen MR) is 62.1 cm³/mol. The van der Waals surface area contributed by atoms with Crippen molar-refractivity contribution >= 4 is 5.69 Å². The van der Waals surface area contributed by atoms with Crippen LogP contribution in [-0.4, -0.2) is 9.97 Å². The zero-order valence-electron chi connectivity index (χ0n) is 8.67. The SMILES string of the molecule is NNC(c1cncnc1)c1ccccc1N. The van der Waals surface area contributed by atoms with E-state index >= 15 is 0 Å². The molecule has 5 nitrogen and oxygen atoms in total. The van der Waals surface area contributed by atoms with E-state index in [1.54, 1.807) is 12.4 Å². The maximum absolute atomic E-state index is 5.90. The van der Waals surface area contributed by atoms with E-state index in [0.717, 1.165) is 11.1 Å². The van der Waals surface area contributed by atoms with Gasteiger partial charge in [-0.25, -0.2) is 15.4 Å². The number of nitrogens with zero attached hydrogens (tertiary/aromatic N) is 2. The molecule has 0 radical (unpaired) electrons. The van der Waals surface area contributed by atoms with Gasteiger partial charge < -0.3 is 5.73 Å². The highest BCUT2D eigenvalue weighted by molar-refractivity contribution is 5.50. The lowest BCUT2D eigenvalue weighted by Gasteiger charge is -2.17. The van der Waals surface area contributed by atoms with Gasteiger partial charge in [-0.3, -0.25) is 5.84 Å². The summed E-state index contributed by atoms with van der Waals surface area (Å²) < 4.78 is 0. The molecule has 0 spiro atoms. The average molecular weight is 215 g/mol. The van der Waals surface area contributed by atoms with Crippen LogP contribution in [0.2, 0.25) is 0 Å². The summed E-state index contributed by atoms with van der Waals surface area (Å²) in [6.07, 6.45) is 4.90. The van der Waals surface area contributed by atoms with Crippen molar-refractivity contribution in [2.45, 2.75) is 6.04 Å². The van der Waals surface area contributed by atoms with E-state index in [1.165, 1.54) is 6.33 Å². The molecule has 2 rings (SSSR count). The van der Waals surface area contributed by atoms with E-state index in [2.05, 4.69) is 15.4 Å². The molecule has 1 aromatic heterocycles. The summed E-state index contributed by atoms with van der Waals surface area (Å²) >= 11 is 0. The third-order valence-electron chi connectivity index (χ3n) is 2.39. The van der Waals surface area contributed by atoms with Gasteiger partial charge in [0.2, 0.25) is 0 Å². The van der Waals surface area contributed by atoms with Crippen molar-refractivity contribution in [1.82, 2.24) is 15.4 Å². The molecule has 0 bridgehead atoms. The standard InChI is InChI=1S/C11H13N5/c12-10-4-2-1-3-9(10)11(16-13)8-5-14-7-15-6-8/h1-7,11,16H,12-13H2. The summed E-state index contributed by atoms with van der Waals surface area (Å²) in [5.74, 6) is 5.54. The van der Waals surface area contributed by atoms with E-state index in [1.807, 2.05) is 24.3 Å². The second-order valence-corrected chi connectivity index (χ2v) is 3.40. The quantitative estimate of drug-likeness (QED) is 0.396. The molecule has 16 heavy (non-hydrogen) atoms. The highest BCUT2D eigenvalue weighted by Gasteiger charge is 2.14. The molecule has 0 aliphatic carbocycles. The Hall–Kier alpha value is -1.98. The van der Waals surface area contributed by atoms with Crippen LogP contribution < -0.4 is 17.0 Å². The van der Waals surface area contributed by atoms with Gasteiger partial charge in [-0.15, -0.1) is 0 Å². The van der Waals surface area contributed by atoms with Gasteiger partial charge in [0.25, 0.3) is 0 Å². The van der Waals surface area contributed by atoms with E-state index in [-0.39, 0.29) is 6.04 Å². The summed E-state index contributed by atoms with van der Waals surface area (Å²) in [5.41, 5.74) is 11.1. The number of nitrogens with two attached hydrogens (primary N) is 2. The molecule has 0 amide bonds. The van der Waals surface area contributed by atoms with Crippen LogP contribution in [0.25, 0.3) is 0 Å². The van der Waals surface area contributed by atoms with Gasteiger partial charge >= 0.3 is 0 Å². The van der Waals surface area contributed by atoms with Crippen molar-refractivity contribution < 1.29 is 0 Å². The minimum atomic E-state index is -0.192. The van der Waals surface area contributed by atoms with Crippen molar-refractivity contribution in [2.75, 3.05) is 5.73 Å². The molecule has 0 saturated carbocycles. The Bertz CT molecular complexity index is 457. The van der Waals surface area contributed by atoms with Crippen LogP contribution in [0.4, 0.5) is 5.69 Å². The maximum atomic E-state index is 5.90. The van der Waals surface area contributed by atoms with E-state index in [9.17, 15) is 0 Å². The molecule has 5 N–H and O–H groups in total. The maximum Gasteiger partial charge on any atom is 0.115 e. The number of rotatable bonds is 3. The summed E-state index contributed by atoms with van der Waals surface area (Å²) in [6, 6.07) is 7.37. The van der Waals surface area contributed by atoms with Crippen molar-refractivity contribution in [2.24, 2.45) is 5.84 Å². The molecule has 0 aliphatic heterocycles. The molecule has 0 saturated heterocycles. The van der Waals surface area contributed by atoms with Crippen LogP contribution in [0.1, 0.15) is 17.2 Å². The Morgan fingerprint density at radius 2 is 1.81 bits per heavy atom. The number of hydrazine groups is 1. The van der Waals surface area contributed by atoms with E-state index < -0.39 is 0 Å². The fourth-order valence-corrected chi connectivity index (χ4v) is 1.60. The first-order chi connectivity index (χ1) is 7.83. The number of hydrogen-bond donors (Lipinski definition) is 3. The smallest absolute Gasteiger partial charge is 0.115 e. The van der Waals surface area contributed by atoms with Crippen molar-refractivity contribution in [3.8, 4) is 0 Å². The van der Waals surface area contributed by atoms with Crippen LogP contribution >= 0.6 is 0 Å². The van der Waals surface area contributed by atoms with E-state index in [0.29, 0.717) is 5.69 Å². The largest absolute Gasteiger partial charge is 0.398 e. The minimum Gasteiger partial charge on any atom is -0.398 e. The second kappa shape index (κ2) is 4.69. The zero-order valence-corrected chi connectivity index (χ0v) is 8.67. The van der Waals surface area contributed by atoms with Crippen LogP contribution in [0, 0.1) is 0 Å². The fourth-order valence-electron chi connectivity index (χ4n) is 1.60. The highest BCUT2D eigenvalue weighted by Crippen LogP contribution is 2.24. The Morgan fingerprint density at radius 3 is 2.44 bits per heavy atom. The predicted octanol–water partition coefficient (Wildman–Crippen LogP) is 0.611. The van der Waals surface area contributed by atoms with Crippen molar-refractivity contribution in [1.29, 1.82) is 0 Å². The molecule has 2 aromatic rings. The van der Waals surface area contributed by atoms with Crippen LogP contribution in [0.5, 0.6) is 0 Å². The Kier molecular flexibility index (Phi) is 3.09. The summed E-state index contributed by atoms with van der Waals surface area (Å²) in [6.45, 7) is 0. The lowest BCUT2D eigenvalue weighted by atomic mass is 10.0. The fraction of sp³-hybridized carbons (Fsp3) is 0.0909. The lowest BCUT2D eigenvalue weighted by Crippen LogP contribution is -2.29. The topological polar surface area (TPSA) is 89.8 Å². The van der Waals surface area contributed by atoms with Crippen LogP contribution in [-0.2, 0) is 0 Å². The summed E-state index contributed by atoms with van der Waals surface area (Å²) in [5, 5.41) is 0. The Labute approximate surface area is 93.5 Å². The number of benzene rings is 1. The Balaban J connectivity index is 2.41. The number of aromatic nitrogens is 2. The molecular weight excluding hydrogens is 202 g/mol. The number of nitrogens with one attached hydrogen (secondary N) is 1. The molecule has 82 valence electrons. The number of nitrogen functional groups attached to an aromatic ring is 1. The first-order valence-corrected chi connectivity index (χ1v) is 4.88. The van der Waals surface area contributed by atoms with Gasteiger partial charge in [0.05, 0.1) is 6.04 Å². The van der Waals surface area contributed by atoms with Gasteiger partial charge in [0.1, 0.15) is 6.33 Å². The van der Waals surface area contributed by atoms with Gasteiger partial charge in [-0.1, -0.05) is 18.2 Å². The number of para-hydroxylation sites is 1. The first kappa shape index (κ1) is 10.5. The van der Waals surface area contributed by atoms with Crippen molar-refractivity contribution in [3.05, 3.63) is 54.1 Å². The molecule has 0 aliphatic rings. The first-order valence-electron chi connectivity index (χ1n) is 4.88. The summed E-state index contributed by atoms with van der Waals surface area (Å²) in [4.78, 5) is 7.92. The zero-order chi connectivity index (χ0) is 11.4. The molecule has 5 heteroatoms. The second-order valence-electron chi connectivity index (χ2n) is 3.40. The molecule has 0 fully saturated rings. The van der Waals surface area contributed by atoms with Gasteiger partial charge in [0, 0.05) is 23.6 Å². The Morgan fingerprint density at radius 1 is 1.12 bits per heavy atom. The van der Waals surface area contributed by atoms with Crippen molar-refractivity contribution in [3.63, 3.8) is 0 Å². The molecular formula is C11H13N5. The third kappa shape index (κ3) is 2.00. The third-order valence-corrected chi connectivity index (χ3v) is 2.39. The van der Waals surface area contributed by atoms with E-state index in [4.69, 9.17) is 11.6 Å². The van der Waals surface area contributed by atoms with Gasteiger partial charge in [-0.05, 0) is 11.6 Å². The number of anilines is 1. The van der Waals surface area contributed by atoms with Gasteiger partial charge in [-0.2, -0.15) is 0 Å². The normalized spacial score (nSPS) is 12.3. The molecule has 1 heterocycles. The lowest BCUT2D eigenvalue weighted by molar-refractivity contribution is 0.633. The average Bonchev–Trinajstić information content (AvgIpc) is 2.34. The molecule has 1 unspecified atom stereocenters. The summed E-state index contributed by atoms with van der Waals surface area (Å²) in [7, 11) is 0. The van der Waals surface area contributed by atoms with Gasteiger partial charge in [0.15, 0.2) is 0 Å². The highest BCUT2D eigenvalue weighted by atomic mass is 15.2. The van der Waals surface area contributed by atoms with Crippen LogP contribution in [0.15, 0.2) is 43.0 Å². The number of hydrogen-bond acceptors (Lipinski definition) is 5.